The Labute approximate surface area is 146 Å². The molecule has 8 heteroatoms. The molecule has 0 aliphatic carbocycles. The minimum Gasteiger partial charge on any atom is -0.306 e. The van der Waals surface area contributed by atoms with Gasteiger partial charge < -0.3 is 4.90 Å². The molecule has 2 N–H and O–H groups in total. The van der Waals surface area contributed by atoms with Crippen molar-refractivity contribution < 1.29 is 9.59 Å². The van der Waals surface area contributed by atoms with E-state index in [0.717, 1.165) is 25.9 Å². The lowest BCUT2D eigenvalue weighted by atomic mass is 10.1. The van der Waals surface area contributed by atoms with Crippen molar-refractivity contribution in [1.82, 2.24) is 19.7 Å². The molecule has 8 nitrogen and oxygen atoms in total. The molecule has 2 aromatic heterocycles. The summed E-state index contributed by atoms with van der Waals surface area (Å²) in [6.07, 6.45) is 5.14. The minimum absolute atomic E-state index is 0.0643. The highest BCUT2D eigenvalue weighted by Gasteiger charge is 2.21. The van der Waals surface area contributed by atoms with Crippen molar-refractivity contribution in [2.75, 3.05) is 30.8 Å². The summed E-state index contributed by atoms with van der Waals surface area (Å²) in [6.45, 7) is 3.51. The van der Waals surface area contributed by atoms with Crippen LogP contribution in [0.5, 0.6) is 0 Å². The predicted octanol–water partition coefficient (Wildman–Crippen LogP) is 2.39. The second-order valence-electron chi connectivity index (χ2n) is 6.26. The van der Waals surface area contributed by atoms with Crippen molar-refractivity contribution in [3.63, 3.8) is 0 Å². The Kier molecular flexibility index (Phi) is 5.08. The highest BCUT2D eigenvalue weighted by atomic mass is 16.2. The molecule has 1 aliphatic heterocycles. The third kappa shape index (κ3) is 4.21. The molecule has 3 heterocycles. The molecule has 0 aromatic carbocycles. The summed E-state index contributed by atoms with van der Waals surface area (Å²) in [5.74, 6) is 0.978. The number of carbonyl (C=O) groups is 2. The zero-order valence-corrected chi connectivity index (χ0v) is 14.4. The second-order valence-corrected chi connectivity index (χ2v) is 6.26. The first-order valence-corrected chi connectivity index (χ1v) is 8.30. The molecule has 2 aromatic rings. The van der Waals surface area contributed by atoms with Gasteiger partial charge in [0.05, 0.1) is 12.2 Å². The van der Waals surface area contributed by atoms with Gasteiger partial charge in [-0.15, -0.1) is 0 Å². The molecule has 1 fully saturated rings. The molecule has 132 valence electrons. The van der Waals surface area contributed by atoms with Gasteiger partial charge in [0.1, 0.15) is 11.6 Å². The van der Waals surface area contributed by atoms with Gasteiger partial charge in [0.25, 0.3) is 0 Å². The first kappa shape index (κ1) is 17.1. The van der Waals surface area contributed by atoms with Gasteiger partial charge in [0, 0.05) is 17.8 Å². The van der Waals surface area contributed by atoms with E-state index in [1.165, 1.54) is 13.1 Å². The number of nitrogens with zero attached hydrogens (tertiary/aromatic N) is 4. The molecule has 2 amide bonds. The van der Waals surface area contributed by atoms with E-state index in [-0.39, 0.29) is 11.8 Å². The maximum absolute atomic E-state index is 12.2. The Bertz CT molecular complexity index is 747. The van der Waals surface area contributed by atoms with Crippen LogP contribution in [0.2, 0.25) is 0 Å². The van der Waals surface area contributed by atoms with Crippen LogP contribution >= 0.6 is 0 Å². The highest BCUT2D eigenvalue weighted by Crippen LogP contribution is 2.24. The number of carbonyl (C=O) groups excluding carboxylic acids is 2. The summed E-state index contributed by atoms with van der Waals surface area (Å²) in [4.78, 5) is 29.8. The fraction of sp³-hybridized carbons (Fsp3) is 0.412. The molecule has 25 heavy (non-hydrogen) atoms. The molecule has 1 saturated heterocycles. The molecule has 3 rings (SSSR count). The Morgan fingerprint density at radius 1 is 1.16 bits per heavy atom. The van der Waals surface area contributed by atoms with E-state index in [1.807, 2.05) is 4.68 Å². The Morgan fingerprint density at radius 2 is 1.92 bits per heavy atom. The topological polar surface area (TPSA) is 92.2 Å². The van der Waals surface area contributed by atoms with Crippen molar-refractivity contribution in [3.8, 4) is 0 Å². The first-order chi connectivity index (χ1) is 12.0. The van der Waals surface area contributed by atoms with Crippen LogP contribution < -0.4 is 10.6 Å². The maximum atomic E-state index is 12.2. The summed E-state index contributed by atoms with van der Waals surface area (Å²) in [5.41, 5.74) is 0.506. The monoisotopic (exact) mass is 342 g/mol. The van der Waals surface area contributed by atoms with Gasteiger partial charge in [-0.3, -0.25) is 15.4 Å². The fourth-order valence-corrected chi connectivity index (χ4v) is 2.88. The third-order valence-electron chi connectivity index (χ3n) is 4.36. The number of Topliss-reactive ketones (excluding diaryl/α,β-unsaturated/α-hetero) is 1. The van der Waals surface area contributed by atoms with E-state index in [0.29, 0.717) is 17.2 Å². The number of hydrogen-bond donors (Lipinski definition) is 2. The van der Waals surface area contributed by atoms with Gasteiger partial charge in [-0.25, -0.2) is 14.5 Å². The lowest BCUT2D eigenvalue weighted by molar-refractivity contribution is 0.101. The lowest BCUT2D eigenvalue weighted by Gasteiger charge is -2.29. The lowest BCUT2D eigenvalue weighted by Crippen LogP contribution is -2.32. The van der Waals surface area contributed by atoms with Gasteiger partial charge in [-0.2, -0.15) is 5.10 Å². The molecule has 0 spiro atoms. The zero-order chi connectivity index (χ0) is 17.8. The van der Waals surface area contributed by atoms with Gasteiger partial charge >= 0.3 is 6.03 Å². The van der Waals surface area contributed by atoms with E-state index in [4.69, 9.17) is 0 Å². The highest BCUT2D eigenvalue weighted by molar-refractivity contribution is 5.99. The summed E-state index contributed by atoms with van der Waals surface area (Å²) in [7, 11) is 2.11. The van der Waals surface area contributed by atoms with E-state index in [2.05, 4.69) is 32.7 Å². The van der Waals surface area contributed by atoms with Gasteiger partial charge in [0.15, 0.2) is 5.78 Å². The standard InChI is InChI=1S/C17H22N6O2/c1-12(24)13-3-4-15(18-11-13)20-17(25)21-16-5-8-19-23(16)14-6-9-22(2)10-7-14/h3-5,8,11,14H,6-7,9-10H2,1-2H3,(H2,18,20,21,25). The smallest absolute Gasteiger partial charge is 0.306 e. The van der Waals surface area contributed by atoms with Crippen LogP contribution in [-0.2, 0) is 0 Å². The minimum atomic E-state index is -0.391. The average molecular weight is 342 g/mol. The molecule has 0 saturated carbocycles. The van der Waals surface area contributed by atoms with E-state index in [1.54, 1.807) is 24.4 Å². The maximum Gasteiger partial charge on any atom is 0.326 e. The number of pyridine rings is 1. The number of rotatable bonds is 4. The molecular weight excluding hydrogens is 320 g/mol. The number of piperidine rings is 1. The van der Waals surface area contributed by atoms with Gasteiger partial charge in [-0.1, -0.05) is 0 Å². The van der Waals surface area contributed by atoms with Crippen molar-refractivity contribution in [1.29, 1.82) is 0 Å². The number of likely N-dealkylation sites (tertiary alicyclic amines) is 1. The van der Waals surface area contributed by atoms with Crippen molar-refractivity contribution in [3.05, 3.63) is 36.2 Å². The molecule has 0 atom stereocenters. The first-order valence-electron chi connectivity index (χ1n) is 8.30. The number of aromatic nitrogens is 3. The van der Waals surface area contributed by atoms with Crippen LogP contribution in [0.4, 0.5) is 16.4 Å². The van der Waals surface area contributed by atoms with E-state index < -0.39 is 6.03 Å². The van der Waals surface area contributed by atoms with Gasteiger partial charge in [-0.05, 0) is 52.0 Å². The Morgan fingerprint density at radius 3 is 2.56 bits per heavy atom. The number of urea groups is 1. The number of amides is 2. The molecule has 0 bridgehead atoms. The molecule has 1 aliphatic rings. The van der Waals surface area contributed by atoms with Crippen molar-refractivity contribution in [2.24, 2.45) is 0 Å². The Balaban J connectivity index is 1.62. The number of anilines is 2. The molecular formula is C17H22N6O2. The van der Waals surface area contributed by atoms with E-state index in [9.17, 15) is 9.59 Å². The average Bonchev–Trinajstić information content (AvgIpc) is 3.04. The van der Waals surface area contributed by atoms with Crippen LogP contribution in [-0.4, -0.2) is 51.6 Å². The van der Waals surface area contributed by atoms with Crippen LogP contribution in [0.25, 0.3) is 0 Å². The molecule has 0 unspecified atom stereocenters. The number of ketones is 1. The second kappa shape index (κ2) is 7.43. The normalized spacial score (nSPS) is 15.8. The van der Waals surface area contributed by atoms with Crippen LogP contribution in [0.3, 0.4) is 0 Å². The van der Waals surface area contributed by atoms with Crippen molar-refractivity contribution in [2.45, 2.75) is 25.8 Å². The number of hydrogen-bond acceptors (Lipinski definition) is 5. The molecule has 0 radical (unpaired) electrons. The number of nitrogens with one attached hydrogen (secondary N) is 2. The van der Waals surface area contributed by atoms with Crippen LogP contribution in [0.1, 0.15) is 36.2 Å². The summed E-state index contributed by atoms with van der Waals surface area (Å²) >= 11 is 0. The third-order valence-corrected chi connectivity index (χ3v) is 4.36. The SMILES string of the molecule is CC(=O)c1ccc(NC(=O)Nc2ccnn2C2CCN(C)CC2)nc1. The Hall–Kier alpha value is -2.74. The van der Waals surface area contributed by atoms with Crippen LogP contribution in [0.15, 0.2) is 30.6 Å². The fourth-order valence-electron chi connectivity index (χ4n) is 2.88. The van der Waals surface area contributed by atoms with Gasteiger partial charge in [0.2, 0.25) is 0 Å². The predicted molar refractivity (Wildman–Crippen MR) is 94.9 cm³/mol. The largest absolute Gasteiger partial charge is 0.326 e. The summed E-state index contributed by atoms with van der Waals surface area (Å²) in [5, 5.41) is 9.84. The quantitative estimate of drug-likeness (QED) is 0.832. The summed E-state index contributed by atoms with van der Waals surface area (Å²) < 4.78 is 1.87. The van der Waals surface area contributed by atoms with Crippen LogP contribution in [0, 0.1) is 0 Å². The summed E-state index contributed by atoms with van der Waals surface area (Å²) in [6, 6.07) is 4.91. The zero-order valence-electron chi connectivity index (χ0n) is 14.4. The van der Waals surface area contributed by atoms with E-state index >= 15 is 0 Å². The van der Waals surface area contributed by atoms with Crippen molar-refractivity contribution >= 4 is 23.5 Å².